The zero-order chi connectivity index (χ0) is 48.8. The van der Waals surface area contributed by atoms with E-state index in [2.05, 4.69) is 52.2 Å². The molecule has 0 radical (unpaired) electrons. The predicted molar refractivity (Wildman–Crippen MR) is 275 cm³/mol. The Kier molecular flexibility index (Phi) is 14.6. The number of nitrogens with one attached hydrogen (secondary N) is 2. The summed E-state index contributed by atoms with van der Waals surface area (Å²) in [5.74, 6) is 0.313. The van der Waals surface area contributed by atoms with Crippen LogP contribution < -0.4 is 30.3 Å². The molecule has 9 rings (SSSR count). The number of rotatable bonds is 18. The van der Waals surface area contributed by atoms with Crippen LogP contribution in [0.25, 0.3) is 10.1 Å². The maximum atomic E-state index is 14.3. The van der Waals surface area contributed by atoms with Crippen molar-refractivity contribution in [3.63, 3.8) is 0 Å². The van der Waals surface area contributed by atoms with Gasteiger partial charge in [-0.3, -0.25) is 19.3 Å². The number of ether oxygens (including phenoxy) is 4. The Morgan fingerprint density at radius 2 is 1.44 bits per heavy atom. The molecular formula is C52H45N5O9S4. The highest BCUT2D eigenvalue weighted by atomic mass is 32.2. The summed E-state index contributed by atoms with van der Waals surface area (Å²) in [6, 6.07) is 41.3. The first kappa shape index (κ1) is 47.9. The topological polar surface area (TPSA) is 167 Å². The van der Waals surface area contributed by atoms with Crippen molar-refractivity contribution in [1.29, 1.82) is 0 Å². The van der Waals surface area contributed by atoms with Gasteiger partial charge in [-0.25, -0.2) is 9.78 Å². The number of anilines is 1. The van der Waals surface area contributed by atoms with Crippen LogP contribution in [0, 0.1) is 0 Å². The summed E-state index contributed by atoms with van der Waals surface area (Å²) in [5, 5.41) is 12.7. The van der Waals surface area contributed by atoms with Crippen LogP contribution in [-0.2, 0) is 36.1 Å². The van der Waals surface area contributed by atoms with Gasteiger partial charge in [-0.05, 0) is 46.0 Å². The Labute approximate surface area is 419 Å². The number of thioether (sulfide) groups is 2. The summed E-state index contributed by atoms with van der Waals surface area (Å²) in [6.07, 6.45) is 0. The van der Waals surface area contributed by atoms with Gasteiger partial charge in [0.25, 0.3) is 11.8 Å². The smallest absolute Gasteiger partial charge is 0.355 e. The van der Waals surface area contributed by atoms with Crippen LogP contribution in [0.15, 0.2) is 164 Å². The van der Waals surface area contributed by atoms with Gasteiger partial charge in [-0.2, -0.15) is 0 Å². The van der Waals surface area contributed by atoms with Crippen molar-refractivity contribution in [3.05, 3.63) is 188 Å². The molecule has 2 aromatic heterocycles. The highest BCUT2D eigenvalue weighted by Gasteiger charge is 2.55. The molecule has 0 spiro atoms. The number of β-lactam (4-membered cyclic amide) rings is 1. The summed E-state index contributed by atoms with van der Waals surface area (Å²) in [6.45, 7) is -0.0607. The monoisotopic (exact) mass is 1010 g/mol. The molecule has 7 aromatic rings. The molecule has 2 atom stereocenters. The fourth-order valence-electron chi connectivity index (χ4n) is 8.30. The maximum Gasteiger partial charge on any atom is 0.355 e. The number of esters is 1. The van der Waals surface area contributed by atoms with Crippen LogP contribution >= 0.6 is 46.2 Å². The van der Waals surface area contributed by atoms with E-state index in [0.717, 1.165) is 22.3 Å². The highest BCUT2D eigenvalue weighted by molar-refractivity contribution is 8.02. The lowest BCUT2D eigenvalue weighted by Gasteiger charge is -2.49. The normalized spacial score (nSPS) is 15.7. The van der Waals surface area contributed by atoms with Gasteiger partial charge >= 0.3 is 5.97 Å². The number of fused-ring (bicyclic) bond motifs is 2. The van der Waals surface area contributed by atoms with Crippen LogP contribution in [0.4, 0.5) is 5.13 Å². The lowest BCUT2D eigenvalue weighted by Crippen LogP contribution is -2.71. The first-order valence-electron chi connectivity index (χ1n) is 21.8. The first-order chi connectivity index (χ1) is 34.1. The Bertz CT molecular complexity index is 3070. The lowest BCUT2D eigenvalue weighted by molar-refractivity contribution is -0.153. The molecule has 2 amide bonds. The van der Waals surface area contributed by atoms with Crippen molar-refractivity contribution < 1.29 is 38.2 Å². The van der Waals surface area contributed by atoms with Crippen molar-refractivity contribution in [1.82, 2.24) is 15.2 Å². The Morgan fingerprint density at radius 3 is 2.04 bits per heavy atom. The van der Waals surface area contributed by atoms with Crippen LogP contribution in [0.5, 0.6) is 17.2 Å². The predicted octanol–water partition coefficient (Wildman–Crippen LogP) is 8.69. The number of amides is 2. The molecule has 0 saturated carbocycles. The van der Waals surface area contributed by atoms with Crippen LogP contribution in [-0.4, -0.2) is 84.7 Å². The van der Waals surface area contributed by atoms with E-state index in [1.54, 1.807) is 55.0 Å². The third-order valence-electron chi connectivity index (χ3n) is 11.7. The summed E-state index contributed by atoms with van der Waals surface area (Å²) in [7, 11) is 5.94. The van der Waals surface area contributed by atoms with E-state index in [1.807, 2.05) is 54.6 Å². The molecule has 356 valence electrons. The van der Waals surface area contributed by atoms with E-state index in [0.29, 0.717) is 48.0 Å². The summed E-state index contributed by atoms with van der Waals surface area (Å²) in [5.41, 5.74) is 3.38. The minimum Gasteiger partial charge on any atom is -0.497 e. The number of hydrogen-bond acceptors (Lipinski definition) is 16. The number of carbonyl (C=O) groups is 3. The van der Waals surface area contributed by atoms with Crippen molar-refractivity contribution in [2.45, 2.75) is 27.8 Å². The maximum absolute atomic E-state index is 14.3. The third-order valence-corrected chi connectivity index (χ3v) is 16.2. The second-order valence-electron chi connectivity index (χ2n) is 15.8. The van der Waals surface area contributed by atoms with Gasteiger partial charge in [0.05, 0.1) is 25.5 Å². The second-order valence-corrected chi connectivity index (χ2v) is 20.1. The molecule has 0 bridgehead atoms. The minimum absolute atomic E-state index is 0.0607. The van der Waals surface area contributed by atoms with Crippen molar-refractivity contribution in [2.75, 3.05) is 45.3 Å². The average molecular weight is 1010 g/mol. The van der Waals surface area contributed by atoms with Gasteiger partial charge in [0.1, 0.15) is 47.8 Å². The molecule has 2 N–H and O–H groups in total. The Morgan fingerprint density at radius 1 is 0.814 bits per heavy atom. The number of aromatic nitrogens is 1. The molecule has 70 heavy (non-hydrogen) atoms. The van der Waals surface area contributed by atoms with Crippen molar-refractivity contribution in [2.24, 2.45) is 5.16 Å². The van der Waals surface area contributed by atoms with E-state index in [1.165, 1.54) is 72.4 Å². The molecule has 4 heterocycles. The molecule has 5 aromatic carbocycles. The number of nitrogens with zero attached hydrogens (tertiary/aromatic N) is 3. The zero-order valence-corrected chi connectivity index (χ0v) is 41.5. The van der Waals surface area contributed by atoms with Gasteiger partial charge in [0.2, 0.25) is 0 Å². The number of thiazole rings is 1. The van der Waals surface area contributed by atoms with E-state index in [9.17, 15) is 19.2 Å². The van der Waals surface area contributed by atoms with Gasteiger partial charge in [0.15, 0.2) is 27.8 Å². The zero-order valence-electron chi connectivity index (χ0n) is 38.2. The summed E-state index contributed by atoms with van der Waals surface area (Å²) < 4.78 is 23.4. The lowest BCUT2D eigenvalue weighted by atomic mass is 9.77. The number of methoxy groups -OCH3 is 3. The minimum atomic E-state index is -1.02. The quantitative estimate of drug-likeness (QED) is 0.0210. The van der Waals surface area contributed by atoms with Crippen LogP contribution in [0.3, 0.4) is 0 Å². The second kappa shape index (κ2) is 21.3. The molecule has 1 fully saturated rings. The highest BCUT2D eigenvalue weighted by Crippen LogP contribution is 2.44. The standard InChI is InChI=1S/C52H45N5O9S4/c1-62-36-22-20-31(21-23-36)27-66-50(61)46-32(28-67-43-25-39(58)37-24-40(63-2)41(64-3)26-42(37)70-43)29-68-49-45(48(60)57(46)49)54-47(59)44(56-65-4)38-30-69-51(53-38)55-52(33-14-8-5-9-15-33,34-16-10-6-11-17-34)35-18-12-7-13-19-35/h5-26,30,45,49H,27-29H2,1-4H3,(H,53,55)(H,54,59)/b56-44-/t45?,49-/m1/s1. The SMILES string of the molecule is CO/N=C(\C(=O)NC1C(=O)N2C(C(=O)OCc3ccc(OC)cc3)=C(CSc3cc(=O)c4cc(OC)c(OC)cc4s3)CS[C@H]12)c1csc(NC(c2ccccc2)(c2ccccc2)c2ccccc2)n1. The Hall–Kier alpha value is -7.12. The van der Waals surface area contributed by atoms with Crippen LogP contribution in [0.1, 0.15) is 27.9 Å². The van der Waals surface area contributed by atoms with Gasteiger partial charge in [-0.1, -0.05) is 108 Å². The first-order valence-corrected chi connectivity index (χ1v) is 25.5. The largest absolute Gasteiger partial charge is 0.497 e. The fraction of sp³-hybridized carbons (Fsp3) is 0.192. The van der Waals surface area contributed by atoms with Crippen LogP contribution in [0.2, 0.25) is 0 Å². The Balaban J connectivity index is 0.967. The number of carbonyl (C=O) groups excluding carboxylic acids is 3. The molecular weight excluding hydrogens is 967 g/mol. The molecule has 2 aliphatic rings. The molecule has 1 saturated heterocycles. The molecule has 0 aliphatic carbocycles. The van der Waals surface area contributed by atoms with Crippen molar-refractivity contribution >= 4 is 84.9 Å². The van der Waals surface area contributed by atoms with Gasteiger partial charge in [-0.15, -0.1) is 46.2 Å². The van der Waals surface area contributed by atoms with E-state index < -0.39 is 34.7 Å². The average Bonchev–Trinajstić information content (AvgIpc) is 3.87. The fourth-order valence-corrected chi connectivity index (χ4v) is 12.8. The van der Waals surface area contributed by atoms with E-state index in [4.69, 9.17) is 28.8 Å². The molecule has 18 heteroatoms. The van der Waals surface area contributed by atoms with E-state index >= 15 is 0 Å². The summed E-state index contributed by atoms with van der Waals surface area (Å²) in [4.78, 5) is 67.4. The number of hydrogen-bond donors (Lipinski definition) is 2. The molecule has 2 aliphatic heterocycles. The molecule has 1 unspecified atom stereocenters. The van der Waals surface area contributed by atoms with Gasteiger partial charge in [0, 0.05) is 39.1 Å². The van der Waals surface area contributed by atoms with E-state index in [-0.39, 0.29) is 34.9 Å². The number of oxime groups is 1. The summed E-state index contributed by atoms with van der Waals surface area (Å²) >= 11 is 5.47. The van der Waals surface area contributed by atoms with Gasteiger partial charge < -0.3 is 34.4 Å². The molecule has 14 nitrogen and oxygen atoms in total. The van der Waals surface area contributed by atoms with Crippen molar-refractivity contribution in [3.8, 4) is 17.2 Å². The third kappa shape index (κ3) is 9.59. The number of benzene rings is 5.